The third kappa shape index (κ3) is 4.70. The Hall–Kier alpha value is -2.41. The zero-order chi connectivity index (χ0) is 20.3. The standard InChI is InChI=1S/C21H28N2O5/c1-14-8-15(2)10-17(9-14)20(26)22-5-3-4-16(12-22)21(27)23-6-7-28-13-18(23)11-19(24)25/h8-10,16,18H,3-7,11-13H2,1-2H3,(H,24,25). The van der Waals surface area contributed by atoms with Gasteiger partial charge in [-0.3, -0.25) is 14.4 Å². The number of rotatable bonds is 4. The van der Waals surface area contributed by atoms with E-state index in [2.05, 4.69) is 0 Å². The first-order valence-corrected chi connectivity index (χ1v) is 9.82. The first-order chi connectivity index (χ1) is 13.3. The van der Waals surface area contributed by atoms with Crippen molar-refractivity contribution in [2.75, 3.05) is 32.8 Å². The number of nitrogens with zero attached hydrogens (tertiary/aromatic N) is 2. The van der Waals surface area contributed by atoms with Gasteiger partial charge in [0.2, 0.25) is 5.91 Å². The molecule has 1 aromatic rings. The smallest absolute Gasteiger partial charge is 0.305 e. The van der Waals surface area contributed by atoms with Crippen molar-refractivity contribution >= 4 is 17.8 Å². The van der Waals surface area contributed by atoms with Crippen LogP contribution in [0.1, 0.15) is 40.7 Å². The number of carboxylic acid groups (broad SMARTS) is 1. The molecule has 0 spiro atoms. The van der Waals surface area contributed by atoms with Crippen molar-refractivity contribution in [2.24, 2.45) is 5.92 Å². The molecule has 2 aliphatic rings. The fourth-order valence-electron chi connectivity index (χ4n) is 4.19. The van der Waals surface area contributed by atoms with Gasteiger partial charge in [0.05, 0.1) is 31.6 Å². The lowest BCUT2D eigenvalue weighted by Crippen LogP contribution is -2.54. The van der Waals surface area contributed by atoms with Gasteiger partial charge >= 0.3 is 5.97 Å². The van der Waals surface area contributed by atoms with Crippen molar-refractivity contribution in [3.8, 4) is 0 Å². The van der Waals surface area contributed by atoms with Gasteiger partial charge in [0.1, 0.15) is 0 Å². The first-order valence-electron chi connectivity index (χ1n) is 9.82. The molecule has 2 aliphatic heterocycles. The molecular formula is C21H28N2O5. The Morgan fingerprint density at radius 1 is 1.14 bits per heavy atom. The summed E-state index contributed by atoms with van der Waals surface area (Å²) in [5.41, 5.74) is 2.73. The van der Waals surface area contributed by atoms with Crippen LogP contribution in [0.4, 0.5) is 0 Å². The van der Waals surface area contributed by atoms with Gasteiger partial charge in [0, 0.05) is 25.2 Å². The van der Waals surface area contributed by atoms with Crippen LogP contribution in [0.15, 0.2) is 18.2 Å². The predicted molar refractivity (Wildman–Crippen MR) is 103 cm³/mol. The first kappa shape index (κ1) is 20.3. The highest BCUT2D eigenvalue weighted by Gasteiger charge is 2.36. The number of aryl methyl sites for hydroxylation is 2. The summed E-state index contributed by atoms with van der Waals surface area (Å²) >= 11 is 0. The zero-order valence-electron chi connectivity index (χ0n) is 16.5. The van der Waals surface area contributed by atoms with Crippen LogP contribution in [0.25, 0.3) is 0 Å². The van der Waals surface area contributed by atoms with Crippen molar-refractivity contribution < 1.29 is 24.2 Å². The Kier molecular flexibility index (Phi) is 6.34. The highest BCUT2D eigenvalue weighted by atomic mass is 16.5. The highest BCUT2D eigenvalue weighted by molar-refractivity contribution is 5.95. The molecule has 28 heavy (non-hydrogen) atoms. The molecule has 2 atom stereocenters. The zero-order valence-corrected chi connectivity index (χ0v) is 16.5. The van der Waals surface area contributed by atoms with E-state index < -0.39 is 12.0 Å². The minimum atomic E-state index is -0.941. The molecule has 152 valence electrons. The van der Waals surface area contributed by atoms with E-state index in [4.69, 9.17) is 9.84 Å². The van der Waals surface area contributed by atoms with Crippen LogP contribution in [0.2, 0.25) is 0 Å². The Bertz CT molecular complexity index is 743. The fraction of sp³-hybridized carbons (Fsp3) is 0.571. The number of morpholine rings is 1. The van der Waals surface area contributed by atoms with Crippen molar-refractivity contribution in [3.05, 3.63) is 34.9 Å². The summed E-state index contributed by atoms with van der Waals surface area (Å²) in [6.45, 7) is 6.01. The minimum absolute atomic E-state index is 0.0478. The molecule has 0 aromatic heterocycles. The van der Waals surface area contributed by atoms with E-state index in [1.165, 1.54) is 0 Å². The molecule has 7 heteroatoms. The summed E-state index contributed by atoms with van der Waals surface area (Å²) < 4.78 is 5.37. The van der Waals surface area contributed by atoms with Gasteiger partial charge in [-0.25, -0.2) is 0 Å². The SMILES string of the molecule is Cc1cc(C)cc(C(=O)N2CCCC(C(=O)N3CCOCC3CC(=O)O)C2)c1. The molecule has 2 heterocycles. The minimum Gasteiger partial charge on any atom is -0.481 e. The van der Waals surface area contributed by atoms with Gasteiger partial charge in [0.25, 0.3) is 5.91 Å². The Morgan fingerprint density at radius 2 is 1.86 bits per heavy atom. The Labute approximate surface area is 165 Å². The van der Waals surface area contributed by atoms with Crippen molar-refractivity contribution in [1.29, 1.82) is 0 Å². The molecule has 0 radical (unpaired) electrons. The summed E-state index contributed by atoms with van der Waals surface area (Å²) in [5, 5.41) is 9.11. The molecule has 0 aliphatic carbocycles. The molecule has 2 saturated heterocycles. The second-order valence-electron chi connectivity index (χ2n) is 7.82. The summed E-state index contributed by atoms with van der Waals surface area (Å²) in [4.78, 5) is 40.6. The summed E-state index contributed by atoms with van der Waals surface area (Å²) in [6.07, 6.45) is 1.36. The van der Waals surface area contributed by atoms with E-state index in [-0.39, 0.29) is 30.8 Å². The molecule has 0 bridgehead atoms. The van der Waals surface area contributed by atoms with Crippen LogP contribution in [0.3, 0.4) is 0 Å². The molecule has 7 nitrogen and oxygen atoms in total. The number of amides is 2. The lowest BCUT2D eigenvalue weighted by molar-refractivity contribution is -0.150. The third-order valence-corrected chi connectivity index (χ3v) is 5.45. The van der Waals surface area contributed by atoms with Crippen LogP contribution in [-0.2, 0) is 14.3 Å². The number of piperidine rings is 1. The second-order valence-corrected chi connectivity index (χ2v) is 7.82. The molecular weight excluding hydrogens is 360 g/mol. The lowest BCUT2D eigenvalue weighted by atomic mass is 9.94. The Balaban J connectivity index is 1.70. The number of carbonyl (C=O) groups excluding carboxylic acids is 2. The number of hydrogen-bond donors (Lipinski definition) is 1. The van der Waals surface area contributed by atoms with E-state index in [0.29, 0.717) is 38.2 Å². The quantitative estimate of drug-likeness (QED) is 0.851. The maximum atomic E-state index is 13.1. The largest absolute Gasteiger partial charge is 0.481 e. The van der Waals surface area contributed by atoms with Crippen molar-refractivity contribution in [1.82, 2.24) is 9.80 Å². The van der Waals surface area contributed by atoms with Crippen LogP contribution in [0, 0.1) is 19.8 Å². The summed E-state index contributed by atoms with van der Waals surface area (Å²) in [5.74, 6) is -1.34. The van der Waals surface area contributed by atoms with E-state index in [0.717, 1.165) is 17.5 Å². The van der Waals surface area contributed by atoms with E-state index in [9.17, 15) is 14.4 Å². The van der Waals surface area contributed by atoms with E-state index >= 15 is 0 Å². The third-order valence-electron chi connectivity index (χ3n) is 5.45. The Morgan fingerprint density at radius 3 is 2.54 bits per heavy atom. The van der Waals surface area contributed by atoms with Crippen LogP contribution >= 0.6 is 0 Å². The number of benzene rings is 1. The number of carbonyl (C=O) groups is 3. The topological polar surface area (TPSA) is 87.2 Å². The summed E-state index contributed by atoms with van der Waals surface area (Å²) in [7, 11) is 0. The maximum absolute atomic E-state index is 13.1. The van der Waals surface area contributed by atoms with Crippen LogP contribution < -0.4 is 0 Å². The van der Waals surface area contributed by atoms with Gasteiger partial charge in [-0.2, -0.15) is 0 Å². The van der Waals surface area contributed by atoms with Gasteiger partial charge in [0.15, 0.2) is 0 Å². The molecule has 1 N–H and O–H groups in total. The predicted octanol–water partition coefficient (Wildman–Crippen LogP) is 1.86. The number of aliphatic carboxylic acids is 1. The molecule has 3 rings (SSSR count). The molecule has 1 aromatic carbocycles. The monoisotopic (exact) mass is 388 g/mol. The molecule has 2 fully saturated rings. The number of likely N-dealkylation sites (tertiary alicyclic amines) is 1. The van der Waals surface area contributed by atoms with Crippen molar-refractivity contribution in [2.45, 2.75) is 39.2 Å². The second kappa shape index (κ2) is 8.73. The number of ether oxygens (including phenoxy) is 1. The molecule has 2 unspecified atom stereocenters. The van der Waals surface area contributed by atoms with E-state index in [1.54, 1.807) is 9.80 Å². The maximum Gasteiger partial charge on any atom is 0.305 e. The van der Waals surface area contributed by atoms with Gasteiger partial charge in [-0.15, -0.1) is 0 Å². The number of hydrogen-bond acceptors (Lipinski definition) is 4. The lowest BCUT2D eigenvalue weighted by Gasteiger charge is -2.39. The average molecular weight is 388 g/mol. The molecule has 0 saturated carbocycles. The average Bonchev–Trinajstić information content (AvgIpc) is 2.66. The fourth-order valence-corrected chi connectivity index (χ4v) is 4.19. The van der Waals surface area contributed by atoms with Crippen molar-refractivity contribution in [3.63, 3.8) is 0 Å². The summed E-state index contributed by atoms with van der Waals surface area (Å²) in [6, 6.07) is 5.35. The normalized spacial score (nSPS) is 22.8. The van der Waals surface area contributed by atoms with Gasteiger partial charge in [-0.05, 0) is 38.8 Å². The highest BCUT2D eigenvalue weighted by Crippen LogP contribution is 2.24. The van der Waals surface area contributed by atoms with Gasteiger partial charge in [-0.1, -0.05) is 17.2 Å². The van der Waals surface area contributed by atoms with Gasteiger partial charge < -0.3 is 19.6 Å². The molecule has 2 amide bonds. The van der Waals surface area contributed by atoms with Crippen LogP contribution in [-0.4, -0.2) is 71.6 Å². The van der Waals surface area contributed by atoms with Crippen LogP contribution in [0.5, 0.6) is 0 Å². The number of carboxylic acids is 1. The van der Waals surface area contributed by atoms with E-state index in [1.807, 2.05) is 32.0 Å².